The minimum absolute atomic E-state index is 0.840. The maximum Gasteiger partial charge on any atom is -0.0163 e. The zero-order chi connectivity index (χ0) is 14.6. The molecule has 18 heavy (non-hydrogen) atoms. The Morgan fingerprint density at radius 1 is 0.889 bits per heavy atom. The van der Waals surface area contributed by atoms with Crippen molar-refractivity contribution < 1.29 is 0 Å². The third-order valence-electron chi connectivity index (χ3n) is 3.38. The van der Waals surface area contributed by atoms with E-state index >= 15 is 0 Å². The second-order valence-electron chi connectivity index (χ2n) is 4.91. The largest absolute Gasteiger partial charge is 0.0874 e. The van der Waals surface area contributed by atoms with E-state index in [1.165, 1.54) is 31.3 Å². The minimum Gasteiger partial charge on any atom is -0.0874 e. The van der Waals surface area contributed by atoms with E-state index in [9.17, 15) is 0 Å². The Bertz CT molecular complexity index is 220. The molecule has 0 radical (unpaired) electrons. The van der Waals surface area contributed by atoms with Gasteiger partial charge in [0.25, 0.3) is 0 Å². The van der Waals surface area contributed by atoms with Crippen molar-refractivity contribution in [1.82, 2.24) is 0 Å². The van der Waals surface area contributed by atoms with Crippen LogP contribution in [0.3, 0.4) is 0 Å². The van der Waals surface area contributed by atoms with Crippen LogP contribution in [0, 0.1) is 11.8 Å². The molecule has 0 aliphatic heterocycles. The van der Waals surface area contributed by atoms with Crippen molar-refractivity contribution in [1.29, 1.82) is 0 Å². The van der Waals surface area contributed by atoms with Crippen molar-refractivity contribution in [2.75, 3.05) is 0 Å². The van der Waals surface area contributed by atoms with Crippen LogP contribution in [0.5, 0.6) is 0 Å². The molecule has 0 nitrogen and oxygen atoms in total. The molecule has 0 bridgehead atoms. The van der Waals surface area contributed by atoms with Gasteiger partial charge in [-0.2, -0.15) is 0 Å². The Morgan fingerprint density at radius 2 is 1.33 bits per heavy atom. The molecule has 0 aromatic heterocycles. The van der Waals surface area contributed by atoms with Gasteiger partial charge in [0.05, 0.1) is 0 Å². The molecular formula is C18H36. The summed E-state index contributed by atoms with van der Waals surface area (Å²) in [5.41, 5.74) is 3.10. The van der Waals surface area contributed by atoms with Gasteiger partial charge in [0.1, 0.15) is 0 Å². The Morgan fingerprint density at radius 3 is 1.67 bits per heavy atom. The van der Waals surface area contributed by atoms with Crippen molar-refractivity contribution in [2.24, 2.45) is 11.8 Å². The molecular weight excluding hydrogens is 216 g/mol. The normalized spacial score (nSPS) is 22.4. The van der Waals surface area contributed by atoms with Crippen molar-refractivity contribution >= 4 is 0 Å². The highest BCUT2D eigenvalue weighted by molar-refractivity contribution is 5.26. The summed E-state index contributed by atoms with van der Waals surface area (Å²) in [4.78, 5) is 0. The smallest absolute Gasteiger partial charge is 0.0163 e. The maximum atomic E-state index is 2.38. The van der Waals surface area contributed by atoms with Gasteiger partial charge in [-0.1, -0.05) is 65.2 Å². The van der Waals surface area contributed by atoms with Gasteiger partial charge in [-0.15, -0.1) is 0 Å². The molecule has 0 unspecified atom stereocenters. The molecule has 1 saturated carbocycles. The van der Waals surface area contributed by atoms with Crippen LogP contribution >= 0.6 is 0 Å². The first-order chi connectivity index (χ1) is 8.65. The fourth-order valence-corrected chi connectivity index (χ4v) is 2.46. The Kier molecular flexibility index (Phi) is 14.2. The fourth-order valence-electron chi connectivity index (χ4n) is 2.46. The lowest BCUT2D eigenvalue weighted by atomic mass is 9.78. The quantitative estimate of drug-likeness (QED) is 0.475. The van der Waals surface area contributed by atoms with E-state index in [0.29, 0.717) is 0 Å². The summed E-state index contributed by atoms with van der Waals surface area (Å²) >= 11 is 0. The van der Waals surface area contributed by atoms with E-state index in [1.54, 1.807) is 5.57 Å². The molecule has 0 heterocycles. The van der Waals surface area contributed by atoms with E-state index < -0.39 is 0 Å². The molecule has 1 aliphatic carbocycles. The van der Waals surface area contributed by atoms with Crippen LogP contribution in [-0.2, 0) is 0 Å². The van der Waals surface area contributed by atoms with Crippen LogP contribution in [0.1, 0.15) is 81.1 Å². The van der Waals surface area contributed by atoms with Gasteiger partial charge < -0.3 is 0 Å². The maximum absolute atomic E-state index is 2.38. The zero-order valence-electron chi connectivity index (χ0n) is 14.1. The lowest BCUT2D eigenvalue weighted by molar-refractivity contribution is 0.322. The topological polar surface area (TPSA) is 0 Å². The van der Waals surface area contributed by atoms with Gasteiger partial charge in [0.2, 0.25) is 0 Å². The Hall–Kier alpha value is -0.520. The summed E-state index contributed by atoms with van der Waals surface area (Å²) in [6.45, 7) is 17.0. The SMILES string of the molecule is C/C=C\C(=C(C)C)C1CCC(C)CC1.CC.CC. The lowest BCUT2D eigenvalue weighted by Crippen LogP contribution is -2.14. The number of hydrogen-bond acceptors (Lipinski definition) is 0. The fraction of sp³-hybridized carbons (Fsp3) is 0.778. The summed E-state index contributed by atoms with van der Waals surface area (Å²) < 4.78 is 0. The second kappa shape index (κ2) is 12.9. The molecule has 108 valence electrons. The monoisotopic (exact) mass is 252 g/mol. The van der Waals surface area contributed by atoms with Crippen molar-refractivity contribution in [3.05, 3.63) is 23.3 Å². The lowest BCUT2D eigenvalue weighted by Gasteiger charge is -2.28. The first-order valence-electron chi connectivity index (χ1n) is 7.95. The van der Waals surface area contributed by atoms with E-state index in [0.717, 1.165) is 11.8 Å². The van der Waals surface area contributed by atoms with Crippen molar-refractivity contribution in [2.45, 2.75) is 81.1 Å². The average Bonchev–Trinajstić information content (AvgIpc) is 2.41. The van der Waals surface area contributed by atoms with Crippen molar-refractivity contribution in [3.8, 4) is 0 Å². The third kappa shape index (κ3) is 7.74. The predicted octanol–water partition coefficient (Wildman–Crippen LogP) is 6.78. The van der Waals surface area contributed by atoms with Crippen LogP contribution in [-0.4, -0.2) is 0 Å². The van der Waals surface area contributed by atoms with Crippen LogP contribution in [0.2, 0.25) is 0 Å². The van der Waals surface area contributed by atoms with Gasteiger partial charge in [0, 0.05) is 0 Å². The third-order valence-corrected chi connectivity index (χ3v) is 3.38. The van der Waals surface area contributed by atoms with E-state index in [-0.39, 0.29) is 0 Å². The summed E-state index contributed by atoms with van der Waals surface area (Å²) in [6.07, 6.45) is 10.1. The van der Waals surface area contributed by atoms with Gasteiger partial charge in [0.15, 0.2) is 0 Å². The molecule has 0 atom stereocenters. The molecule has 1 fully saturated rings. The van der Waals surface area contributed by atoms with Gasteiger partial charge in [-0.05, 0) is 51.0 Å². The molecule has 0 N–H and O–H groups in total. The molecule has 0 aromatic rings. The number of rotatable bonds is 2. The molecule has 0 spiro atoms. The first-order valence-corrected chi connectivity index (χ1v) is 7.95. The van der Waals surface area contributed by atoms with Crippen LogP contribution < -0.4 is 0 Å². The number of hydrogen-bond donors (Lipinski definition) is 0. The average molecular weight is 252 g/mol. The summed E-state index contributed by atoms with van der Waals surface area (Å²) in [7, 11) is 0. The van der Waals surface area contributed by atoms with Gasteiger partial charge >= 0.3 is 0 Å². The second-order valence-corrected chi connectivity index (χ2v) is 4.91. The number of allylic oxidation sites excluding steroid dienone is 4. The summed E-state index contributed by atoms with van der Waals surface area (Å²) in [5, 5.41) is 0. The van der Waals surface area contributed by atoms with Gasteiger partial charge in [-0.25, -0.2) is 0 Å². The highest BCUT2D eigenvalue weighted by atomic mass is 14.3. The first kappa shape index (κ1) is 19.8. The van der Waals surface area contributed by atoms with E-state index in [1.807, 2.05) is 27.7 Å². The highest BCUT2D eigenvalue weighted by Crippen LogP contribution is 2.34. The van der Waals surface area contributed by atoms with E-state index in [4.69, 9.17) is 0 Å². The summed E-state index contributed by atoms with van der Waals surface area (Å²) in [6, 6.07) is 0. The predicted molar refractivity (Wildman–Crippen MR) is 87.0 cm³/mol. The minimum atomic E-state index is 0.840. The molecule has 0 heteroatoms. The van der Waals surface area contributed by atoms with Crippen LogP contribution in [0.25, 0.3) is 0 Å². The zero-order valence-corrected chi connectivity index (χ0v) is 14.1. The van der Waals surface area contributed by atoms with Crippen LogP contribution in [0.15, 0.2) is 23.3 Å². The Labute approximate surface area is 117 Å². The molecule has 1 rings (SSSR count). The van der Waals surface area contributed by atoms with Crippen molar-refractivity contribution in [3.63, 3.8) is 0 Å². The Balaban J connectivity index is 0. The molecule has 0 amide bonds. The van der Waals surface area contributed by atoms with Gasteiger partial charge in [-0.3, -0.25) is 0 Å². The van der Waals surface area contributed by atoms with E-state index in [2.05, 4.69) is 39.8 Å². The standard InChI is InChI=1S/C14H24.2C2H6/c1-5-6-14(11(2)3)13-9-7-12(4)8-10-13;2*1-2/h5-6,12-13H,7-10H2,1-4H3;2*1-2H3/b6-5-;;. The highest BCUT2D eigenvalue weighted by Gasteiger charge is 2.20. The molecule has 0 saturated heterocycles. The molecule has 1 aliphatic rings. The molecule has 0 aromatic carbocycles. The summed E-state index contributed by atoms with van der Waals surface area (Å²) in [5.74, 6) is 1.79. The van der Waals surface area contributed by atoms with Crippen LogP contribution in [0.4, 0.5) is 0 Å².